The lowest BCUT2D eigenvalue weighted by molar-refractivity contribution is -0.133. The Morgan fingerprint density at radius 2 is 1.82 bits per heavy atom. The van der Waals surface area contributed by atoms with Crippen LogP contribution in [0, 0.1) is 0 Å². The van der Waals surface area contributed by atoms with Crippen molar-refractivity contribution in [3.05, 3.63) is 0 Å². The average Bonchev–Trinajstić information content (AvgIpc) is 2.37. The van der Waals surface area contributed by atoms with Crippen LogP contribution in [0.3, 0.4) is 0 Å². The second-order valence-electron chi connectivity index (χ2n) is 3.72. The van der Waals surface area contributed by atoms with Gasteiger partial charge in [0.25, 0.3) is 0 Å². The van der Waals surface area contributed by atoms with Crippen LogP contribution in [-0.4, -0.2) is 62.7 Å². The first kappa shape index (κ1) is 13.8. The van der Waals surface area contributed by atoms with Gasteiger partial charge in [-0.1, -0.05) is 0 Å². The van der Waals surface area contributed by atoms with Crippen LogP contribution in [0.1, 0.15) is 13.8 Å². The van der Waals surface area contributed by atoms with Gasteiger partial charge in [-0.2, -0.15) is 0 Å². The standard InChI is InChI=1S/C11H22N4O2/c1-3-12-11(13-4-2)14-9-10(16)15-5-7-17-8-6-15/h3-9H2,1-2H3,(H2,12,13,14). The van der Waals surface area contributed by atoms with E-state index < -0.39 is 0 Å². The number of hydrogen-bond donors (Lipinski definition) is 2. The number of guanidine groups is 1. The van der Waals surface area contributed by atoms with Crippen molar-refractivity contribution < 1.29 is 9.53 Å². The van der Waals surface area contributed by atoms with Crippen molar-refractivity contribution in [2.24, 2.45) is 4.99 Å². The second kappa shape index (κ2) is 7.89. The second-order valence-corrected chi connectivity index (χ2v) is 3.72. The molecular formula is C11H22N4O2. The molecule has 0 spiro atoms. The number of carbonyl (C=O) groups excluding carboxylic acids is 1. The summed E-state index contributed by atoms with van der Waals surface area (Å²) in [5.41, 5.74) is 0. The molecule has 2 N–H and O–H groups in total. The SMILES string of the molecule is CCNC(=NCC(=O)N1CCOCC1)NCC. The van der Waals surface area contributed by atoms with Gasteiger partial charge < -0.3 is 20.3 Å². The molecule has 0 aromatic carbocycles. The minimum atomic E-state index is 0.0570. The van der Waals surface area contributed by atoms with Crippen LogP contribution >= 0.6 is 0 Å². The lowest BCUT2D eigenvalue weighted by Crippen LogP contribution is -2.43. The van der Waals surface area contributed by atoms with E-state index in [1.54, 1.807) is 4.90 Å². The molecule has 1 rings (SSSR count). The minimum absolute atomic E-state index is 0.0570. The molecule has 1 aliphatic rings. The zero-order valence-electron chi connectivity index (χ0n) is 10.7. The van der Waals surface area contributed by atoms with E-state index in [1.165, 1.54) is 0 Å². The van der Waals surface area contributed by atoms with Crippen molar-refractivity contribution in [2.75, 3.05) is 45.9 Å². The summed E-state index contributed by atoms with van der Waals surface area (Å²) < 4.78 is 5.20. The van der Waals surface area contributed by atoms with Gasteiger partial charge in [-0.05, 0) is 13.8 Å². The Balaban J connectivity index is 2.39. The molecule has 1 aliphatic heterocycles. The molecule has 1 amide bonds. The summed E-state index contributed by atoms with van der Waals surface area (Å²) in [5.74, 6) is 0.748. The van der Waals surface area contributed by atoms with Crippen LogP contribution in [0.15, 0.2) is 4.99 Å². The van der Waals surface area contributed by atoms with Crippen molar-refractivity contribution in [2.45, 2.75) is 13.8 Å². The fourth-order valence-electron chi connectivity index (χ4n) is 1.57. The molecule has 17 heavy (non-hydrogen) atoms. The number of nitrogens with zero attached hydrogens (tertiary/aromatic N) is 2. The first-order valence-corrected chi connectivity index (χ1v) is 6.15. The number of hydrogen-bond acceptors (Lipinski definition) is 3. The highest BCUT2D eigenvalue weighted by atomic mass is 16.5. The van der Waals surface area contributed by atoms with E-state index in [0.717, 1.165) is 13.1 Å². The van der Waals surface area contributed by atoms with E-state index in [4.69, 9.17) is 4.74 Å². The van der Waals surface area contributed by atoms with Crippen LogP contribution in [0.25, 0.3) is 0 Å². The van der Waals surface area contributed by atoms with Gasteiger partial charge in [0, 0.05) is 26.2 Å². The Labute approximate surface area is 102 Å². The monoisotopic (exact) mass is 242 g/mol. The Kier molecular flexibility index (Phi) is 6.39. The van der Waals surface area contributed by atoms with Crippen LogP contribution in [0.4, 0.5) is 0 Å². The van der Waals surface area contributed by atoms with E-state index in [0.29, 0.717) is 32.3 Å². The van der Waals surface area contributed by atoms with E-state index in [-0.39, 0.29) is 12.5 Å². The minimum Gasteiger partial charge on any atom is -0.378 e. The molecule has 0 atom stereocenters. The Hall–Kier alpha value is -1.30. The molecule has 1 saturated heterocycles. The van der Waals surface area contributed by atoms with Crippen molar-refractivity contribution >= 4 is 11.9 Å². The van der Waals surface area contributed by atoms with Crippen molar-refractivity contribution in [1.29, 1.82) is 0 Å². The largest absolute Gasteiger partial charge is 0.378 e. The van der Waals surface area contributed by atoms with Gasteiger partial charge >= 0.3 is 0 Å². The molecule has 1 fully saturated rings. The lowest BCUT2D eigenvalue weighted by atomic mass is 10.4. The maximum atomic E-state index is 11.8. The molecule has 0 aliphatic carbocycles. The summed E-state index contributed by atoms with van der Waals surface area (Å²) in [5, 5.41) is 6.17. The van der Waals surface area contributed by atoms with Crippen LogP contribution < -0.4 is 10.6 Å². The van der Waals surface area contributed by atoms with Crippen molar-refractivity contribution in [1.82, 2.24) is 15.5 Å². The van der Waals surface area contributed by atoms with Crippen molar-refractivity contribution in [3.8, 4) is 0 Å². The molecule has 6 nitrogen and oxygen atoms in total. The van der Waals surface area contributed by atoms with Gasteiger partial charge in [-0.15, -0.1) is 0 Å². The van der Waals surface area contributed by atoms with Gasteiger partial charge in [0.15, 0.2) is 5.96 Å². The molecule has 98 valence electrons. The third kappa shape index (κ3) is 5.04. The molecule has 1 heterocycles. The van der Waals surface area contributed by atoms with E-state index in [2.05, 4.69) is 15.6 Å². The van der Waals surface area contributed by atoms with E-state index in [9.17, 15) is 4.79 Å². The lowest BCUT2D eigenvalue weighted by Gasteiger charge is -2.26. The average molecular weight is 242 g/mol. The fourth-order valence-corrected chi connectivity index (χ4v) is 1.57. The van der Waals surface area contributed by atoms with Gasteiger partial charge in [0.2, 0.25) is 5.91 Å². The molecule has 0 radical (unpaired) electrons. The highest BCUT2D eigenvalue weighted by molar-refractivity contribution is 5.84. The Morgan fingerprint density at radius 1 is 1.24 bits per heavy atom. The normalized spacial score (nSPS) is 15.3. The number of amides is 1. The molecular weight excluding hydrogens is 220 g/mol. The highest BCUT2D eigenvalue weighted by Gasteiger charge is 2.16. The van der Waals surface area contributed by atoms with Crippen molar-refractivity contribution in [3.63, 3.8) is 0 Å². The molecule has 0 aromatic heterocycles. The van der Waals surface area contributed by atoms with Crippen LogP contribution in [0.5, 0.6) is 0 Å². The van der Waals surface area contributed by atoms with Crippen LogP contribution in [0.2, 0.25) is 0 Å². The van der Waals surface area contributed by atoms with Crippen LogP contribution in [-0.2, 0) is 9.53 Å². The Morgan fingerprint density at radius 3 is 2.35 bits per heavy atom. The van der Waals surface area contributed by atoms with Gasteiger partial charge in [-0.25, -0.2) is 4.99 Å². The third-order valence-corrected chi connectivity index (χ3v) is 2.42. The summed E-state index contributed by atoms with van der Waals surface area (Å²) in [7, 11) is 0. The summed E-state index contributed by atoms with van der Waals surface area (Å²) in [4.78, 5) is 17.9. The zero-order valence-corrected chi connectivity index (χ0v) is 10.7. The molecule has 6 heteroatoms. The maximum Gasteiger partial charge on any atom is 0.244 e. The van der Waals surface area contributed by atoms with Gasteiger partial charge in [-0.3, -0.25) is 4.79 Å². The number of aliphatic imine (C=N–C) groups is 1. The quantitative estimate of drug-likeness (QED) is 0.511. The number of nitrogens with one attached hydrogen (secondary N) is 2. The first-order valence-electron chi connectivity index (χ1n) is 6.15. The number of ether oxygens (including phenoxy) is 1. The molecule has 0 bridgehead atoms. The number of carbonyl (C=O) groups is 1. The predicted molar refractivity (Wildman–Crippen MR) is 67.1 cm³/mol. The summed E-state index contributed by atoms with van der Waals surface area (Å²) >= 11 is 0. The summed E-state index contributed by atoms with van der Waals surface area (Å²) in [6.07, 6.45) is 0. The fraction of sp³-hybridized carbons (Fsp3) is 0.818. The first-order chi connectivity index (χ1) is 8.27. The van der Waals surface area contributed by atoms with E-state index >= 15 is 0 Å². The third-order valence-electron chi connectivity index (χ3n) is 2.42. The molecule has 0 unspecified atom stereocenters. The van der Waals surface area contributed by atoms with E-state index in [1.807, 2.05) is 13.8 Å². The van der Waals surface area contributed by atoms with Gasteiger partial charge in [0.1, 0.15) is 6.54 Å². The maximum absolute atomic E-state index is 11.8. The topological polar surface area (TPSA) is 66.0 Å². The molecule has 0 aromatic rings. The zero-order chi connectivity index (χ0) is 12.5. The smallest absolute Gasteiger partial charge is 0.244 e. The Bertz CT molecular complexity index is 254. The highest BCUT2D eigenvalue weighted by Crippen LogP contribution is 1.97. The molecule has 0 saturated carbocycles. The summed E-state index contributed by atoms with van der Waals surface area (Å²) in [6.45, 7) is 8.36. The number of morpholine rings is 1. The van der Waals surface area contributed by atoms with Gasteiger partial charge in [0.05, 0.1) is 13.2 Å². The summed E-state index contributed by atoms with van der Waals surface area (Å²) in [6, 6.07) is 0. The predicted octanol–water partition coefficient (Wildman–Crippen LogP) is -0.580. The number of rotatable bonds is 4.